The molecule has 1 N–H and O–H groups in total. The Hall–Kier alpha value is -1.62. The fraction of sp³-hybridized carbons (Fsp3) is 0.533. The molecule has 1 fully saturated rings. The standard InChI is InChI=1S/C15H19ClN2O3/c16-11-8-9-14(18(20)21)13(10-11)15(19)17-12-6-4-2-1-3-5-7-12/h8-10,12H,1-7H2,(H,17,19). The van der Waals surface area contributed by atoms with Crippen LogP contribution in [0, 0.1) is 10.1 Å². The SMILES string of the molecule is O=C(NC1CCCCCCC1)c1cc(Cl)ccc1[N+](=O)[O-]. The largest absolute Gasteiger partial charge is 0.349 e. The molecular formula is C15H19ClN2O3. The second-order valence-corrected chi connectivity index (χ2v) is 5.87. The van der Waals surface area contributed by atoms with Crippen LogP contribution in [0.3, 0.4) is 0 Å². The molecule has 0 heterocycles. The van der Waals surface area contributed by atoms with Crippen molar-refractivity contribution in [2.24, 2.45) is 0 Å². The lowest BCUT2D eigenvalue weighted by atomic mass is 9.96. The molecule has 1 aliphatic rings. The van der Waals surface area contributed by atoms with Gasteiger partial charge in [-0.05, 0) is 25.0 Å². The molecule has 0 saturated heterocycles. The average Bonchev–Trinajstić information content (AvgIpc) is 2.41. The first-order valence-electron chi connectivity index (χ1n) is 7.33. The fourth-order valence-corrected chi connectivity index (χ4v) is 2.89. The van der Waals surface area contributed by atoms with E-state index in [1.165, 1.54) is 37.5 Å². The summed E-state index contributed by atoms with van der Waals surface area (Å²) in [6.45, 7) is 0. The van der Waals surface area contributed by atoms with Gasteiger partial charge in [0.2, 0.25) is 0 Å². The number of nitrogens with one attached hydrogen (secondary N) is 1. The number of rotatable bonds is 3. The molecule has 1 amide bonds. The summed E-state index contributed by atoms with van der Waals surface area (Å²) in [5, 5.41) is 14.3. The number of benzene rings is 1. The number of nitro groups is 1. The number of hydrogen-bond acceptors (Lipinski definition) is 3. The number of nitrogens with zero attached hydrogens (tertiary/aromatic N) is 1. The molecule has 0 radical (unpaired) electrons. The van der Waals surface area contributed by atoms with Crippen molar-refractivity contribution in [1.29, 1.82) is 0 Å². The van der Waals surface area contributed by atoms with Crippen molar-refractivity contribution in [3.8, 4) is 0 Å². The molecule has 1 aliphatic carbocycles. The quantitative estimate of drug-likeness (QED) is 0.675. The van der Waals surface area contributed by atoms with E-state index < -0.39 is 10.8 Å². The minimum atomic E-state index is -0.552. The molecule has 2 rings (SSSR count). The van der Waals surface area contributed by atoms with Gasteiger partial charge in [-0.3, -0.25) is 14.9 Å². The van der Waals surface area contributed by atoms with Crippen molar-refractivity contribution < 1.29 is 9.72 Å². The van der Waals surface area contributed by atoms with Crippen LogP contribution < -0.4 is 5.32 Å². The summed E-state index contributed by atoms with van der Waals surface area (Å²) in [4.78, 5) is 22.8. The van der Waals surface area contributed by atoms with Gasteiger partial charge in [-0.15, -0.1) is 0 Å². The van der Waals surface area contributed by atoms with Crippen molar-refractivity contribution in [3.05, 3.63) is 38.9 Å². The molecule has 0 spiro atoms. The van der Waals surface area contributed by atoms with Gasteiger partial charge in [-0.1, -0.05) is 43.7 Å². The predicted octanol–water partition coefficient (Wildman–Crippen LogP) is 4.09. The first kappa shape index (κ1) is 15.8. The Labute approximate surface area is 128 Å². The van der Waals surface area contributed by atoms with Crippen molar-refractivity contribution in [2.45, 2.75) is 51.0 Å². The third kappa shape index (κ3) is 4.43. The summed E-state index contributed by atoms with van der Waals surface area (Å²) < 4.78 is 0. The smallest absolute Gasteiger partial charge is 0.282 e. The predicted molar refractivity (Wildman–Crippen MR) is 81.7 cm³/mol. The lowest BCUT2D eigenvalue weighted by molar-refractivity contribution is -0.385. The van der Waals surface area contributed by atoms with Crippen LogP contribution >= 0.6 is 11.6 Å². The third-order valence-electron chi connectivity index (χ3n) is 3.84. The first-order valence-corrected chi connectivity index (χ1v) is 7.70. The maximum atomic E-state index is 12.3. The van der Waals surface area contributed by atoms with Gasteiger partial charge in [0.1, 0.15) is 5.56 Å². The number of carbonyl (C=O) groups is 1. The van der Waals surface area contributed by atoms with E-state index in [0.29, 0.717) is 5.02 Å². The van der Waals surface area contributed by atoms with Gasteiger partial charge in [0.15, 0.2) is 0 Å². The minimum absolute atomic E-state index is 0.0366. The van der Waals surface area contributed by atoms with Crippen LogP contribution in [0.25, 0.3) is 0 Å². The summed E-state index contributed by atoms with van der Waals surface area (Å²) in [6, 6.07) is 4.15. The molecule has 6 heteroatoms. The molecule has 1 aromatic rings. The number of amides is 1. The van der Waals surface area contributed by atoms with Crippen LogP contribution in [-0.4, -0.2) is 16.9 Å². The Morgan fingerprint density at radius 3 is 2.43 bits per heavy atom. The molecule has 0 aromatic heterocycles. The van der Waals surface area contributed by atoms with Gasteiger partial charge in [0.05, 0.1) is 4.92 Å². The molecule has 1 saturated carbocycles. The number of halogens is 1. The Morgan fingerprint density at radius 2 is 1.81 bits per heavy atom. The number of hydrogen-bond donors (Lipinski definition) is 1. The van der Waals surface area contributed by atoms with E-state index in [4.69, 9.17) is 11.6 Å². The highest BCUT2D eigenvalue weighted by molar-refractivity contribution is 6.31. The highest BCUT2D eigenvalue weighted by atomic mass is 35.5. The van der Waals surface area contributed by atoms with Gasteiger partial charge >= 0.3 is 0 Å². The zero-order chi connectivity index (χ0) is 15.2. The molecule has 5 nitrogen and oxygen atoms in total. The molecule has 21 heavy (non-hydrogen) atoms. The molecule has 1 aromatic carbocycles. The second kappa shape index (κ2) is 7.41. The zero-order valence-electron chi connectivity index (χ0n) is 11.8. The molecule has 0 aliphatic heterocycles. The van der Waals surface area contributed by atoms with E-state index in [1.807, 2.05) is 0 Å². The Balaban J connectivity index is 2.11. The number of nitro benzene ring substituents is 1. The van der Waals surface area contributed by atoms with Crippen LogP contribution in [0.5, 0.6) is 0 Å². The van der Waals surface area contributed by atoms with Gasteiger partial charge < -0.3 is 5.32 Å². The lowest BCUT2D eigenvalue weighted by Gasteiger charge is -2.21. The summed E-state index contributed by atoms with van der Waals surface area (Å²) in [7, 11) is 0. The maximum Gasteiger partial charge on any atom is 0.282 e. The van der Waals surface area contributed by atoms with E-state index in [-0.39, 0.29) is 17.3 Å². The highest BCUT2D eigenvalue weighted by Crippen LogP contribution is 2.24. The van der Waals surface area contributed by atoms with Gasteiger partial charge in [-0.25, -0.2) is 0 Å². The fourth-order valence-electron chi connectivity index (χ4n) is 2.71. The van der Waals surface area contributed by atoms with E-state index in [1.54, 1.807) is 0 Å². The van der Waals surface area contributed by atoms with Crippen LogP contribution in [0.1, 0.15) is 55.3 Å². The van der Waals surface area contributed by atoms with Crippen LogP contribution in [0.15, 0.2) is 18.2 Å². The molecule has 0 atom stereocenters. The van der Waals surface area contributed by atoms with E-state index in [0.717, 1.165) is 25.7 Å². The summed E-state index contributed by atoms with van der Waals surface area (Å²) in [5.74, 6) is -0.408. The summed E-state index contributed by atoms with van der Waals surface area (Å²) >= 11 is 5.85. The van der Waals surface area contributed by atoms with Crippen molar-refractivity contribution in [2.75, 3.05) is 0 Å². The van der Waals surface area contributed by atoms with Crippen molar-refractivity contribution in [1.82, 2.24) is 5.32 Å². The van der Waals surface area contributed by atoms with E-state index >= 15 is 0 Å². The normalized spacial score (nSPS) is 16.8. The summed E-state index contributed by atoms with van der Waals surface area (Å²) in [6.07, 6.45) is 7.65. The Bertz CT molecular complexity index is 526. The second-order valence-electron chi connectivity index (χ2n) is 5.43. The Morgan fingerprint density at radius 1 is 1.19 bits per heavy atom. The summed E-state index contributed by atoms with van der Waals surface area (Å²) in [5.41, 5.74) is -0.169. The van der Waals surface area contributed by atoms with Gasteiger partial charge in [-0.2, -0.15) is 0 Å². The van der Waals surface area contributed by atoms with E-state index in [9.17, 15) is 14.9 Å². The topological polar surface area (TPSA) is 72.2 Å². The lowest BCUT2D eigenvalue weighted by Crippen LogP contribution is -2.35. The van der Waals surface area contributed by atoms with Gasteiger partial charge in [0.25, 0.3) is 11.6 Å². The van der Waals surface area contributed by atoms with E-state index in [2.05, 4.69) is 5.32 Å². The minimum Gasteiger partial charge on any atom is -0.349 e. The molecular weight excluding hydrogens is 292 g/mol. The molecule has 114 valence electrons. The molecule has 0 bridgehead atoms. The zero-order valence-corrected chi connectivity index (χ0v) is 12.6. The van der Waals surface area contributed by atoms with Crippen molar-refractivity contribution in [3.63, 3.8) is 0 Å². The van der Waals surface area contributed by atoms with Gasteiger partial charge in [0, 0.05) is 17.1 Å². The number of carbonyl (C=O) groups excluding carboxylic acids is 1. The third-order valence-corrected chi connectivity index (χ3v) is 4.08. The monoisotopic (exact) mass is 310 g/mol. The first-order chi connectivity index (χ1) is 10.1. The molecule has 0 unspecified atom stereocenters. The average molecular weight is 311 g/mol. The maximum absolute atomic E-state index is 12.3. The van der Waals surface area contributed by atoms with Crippen LogP contribution in [0.2, 0.25) is 5.02 Å². The Kier molecular flexibility index (Phi) is 5.56. The highest BCUT2D eigenvalue weighted by Gasteiger charge is 2.23. The van der Waals surface area contributed by atoms with Crippen LogP contribution in [-0.2, 0) is 0 Å². The van der Waals surface area contributed by atoms with Crippen LogP contribution in [0.4, 0.5) is 5.69 Å². The van der Waals surface area contributed by atoms with Crippen molar-refractivity contribution >= 4 is 23.2 Å².